The maximum absolute atomic E-state index is 12.3. The number of hydrogen-bond donors (Lipinski definition) is 2. The summed E-state index contributed by atoms with van der Waals surface area (Å²) in [5.74, 6) is 0. The van der Waals surface area contributed by atoms with Crippen LogP contribution in [0.1, 0.15) is 18.1 Å². The summed E-state index contributed by atoms with van der Waals surface area (Å²) < 4.78 is 37.2. The van der Waals surface area contributed by atoms with Crippen LogP contribution in [0.5, 0.6) is 0 Å². The monoisotopic (exact) mass is 316 g/mol. The Balaban J connectivity index is 2.87. The molecule has 0 aliphatic rings. The minimum absolute atomic E-state index is 0.153. The Morgan fingerprint density at radius 1 is 1.29 bits per heavy atom. The van der Waals surface area contributed by atoms with Gasteiger partial charge in [-0.1, -0.05) is 13.0 Å². The van der Waals surface area contributed by atoms with Gasteiger partial charge in [-0.2, -0.15) is 0 Å². The molecule has 1 aromatic carbocycles. The fourth-order valence-corrected chi connectivity index (χ4v) is 3.10. The van der Waals surface area contributed by atoms with E-state index in [-0.39, 0.29) is 17.5 Å². The summed E-state index contributed by atoms with van der Waals surface area (Å²) in [4.78, 5) is 0.215. The van der Waals surface area contributed by atoms with E-state index in [1.54, 1.807) is 18.2 Å². The number of nitrogens with two attached hydrogens (primary N) is 1. The molecule has 0 saturated carbocycles. The molecular weight excluding hydrogens is 292 g/mol. The lowest BCUT2D eigenvalue weighted by atomic mass is 10.1. The lowest BCUT2D eigenvalue weighted by Crippen LogP contribution is -2.35. The largest absolute Gasteiger partial charge is 0.382 e. The third-order valence-corrected chi connectivity index (χ3v) is 4.70. The van der Waals surface area contributed by atoms with E-state index in [4.69, 9.17) is 15.2 Å². The Morgan fingerprint density at radius 2 is 2.00 bits per heavy atom. The molecule has 0 aliphatic heterocycles. The molecule has 21 heavy (non-hydrogen) atoms. The lowest BCUT2D eigenvalue weighted by Gasteiger charge is -2.16. The molecular formula is C14H24N2O4S. The minimum atomic E-state index is -3.58. The van der Waals surface area contributed by atoms with E-state index in [1.807, 2.05) is 6.92 Å². The van der Waals surface area contributed by atoms with Crippen LogP contribution in [0, 0.1) is 0 Å². The first-order chi connectivity index (χ1) is 9.98. The van der Waals surface area contributed by atoms with Crippen molar-refractivity contribution < 1.29 is 17.9 Å². The zero-order valence-corrected chi connectivity index (χ0v) is 13.6. The Labute approximate surface area is 126 Å². The van der Waals surface area contributed by atoms with Crippen LogP contribution in [-0.2, 0) is 32.5 Å². The molecule has 120 valence electrons. The van der Waals surface area contributed by atoms with Crippen LogP contribution in [-0.4, -0.2) is 41.9 Å². The van der Waals surface area contributed by atoms with Gasteiger partial charge in [0.15, 0.2) is 0 Å². The lowest BCUT2D eigenvalue weighted by molar-refractivity contribution is 0.0320. The maximum atomic E-state index is 12.3. The second-order valence-electron chi connectivity index (χ2n) is 4.65. The average molecular weight is 316 g/mol. The zero-order valence-electron chi connectivity index (χ0n) is 12.8. The van der Waals surface area contributed by atoms with Crippen LogP contribution in [0.15, 0.2) is 23.1 Å². The van der Waals surface area contributed by atoms with E-state index in [9.17, 15) is 8.42 Å². The molecule has 3 N–H and O–H groups in total. The van der Waals surface area contributed by atoms with Crippen molar-refractivity contribution in [2.24, 2.45) is 5.73 Å². The summed E-state index contributed by atoms with van der Waals surface area (Å²) in [6, 6.07) is 5.03. The van der Waals surface area contributed by atoms with Gasteiger partial charge in [0.05, 0.1) is 17.6 Å². The number of hydrogen-bond acceptors (Lipinski definition) is 5. The van der Waals surface area contributed by atoms with Crippen molar-refractivity contribution in [3.05, 3.63) is 29.3 Å². The van der Waals surface area contributed by atoms with Gasteiger partial charge in [0.1, 0.15) is 0 Å². The molecule has 1 atom stereocenters. The topological polar surface area (TPSA) is 90.7 Å². The Kier molecular flexibility index (Phi) is 7.27. The van der Waals surface area contributed by atoms with Crippen molar-refractivity contribution in [1.29, 1.82) is 0 Å². The van der Waals surface area contributed by atoms with Crippen molar-refractivity contribution >= 4 is 10.0 Å². The molecule has 0 amide bonds. The van der Waals surface area contributed by atoms with Gasteiger partial charge in [-0.15, -0.1) is 0 Å². The van der Waals surface area contributed by atoms with Crippen LogP contribution in [0.2, 0.25) is 0 Å². The highest BCUT2D eigenvalue weighted by atomic mass is 32.2. The molecule has 0 bridgehead atoms. The zero-order chi connectivity index (χ0) is 15.9. The number of aryl methyl sites for hydroxylation is 1. The molecule has 0 aliphatic carbocycles. The third kappa shape index (κ3) is 5.05. The quantitative estimate of drug-likeness (QED) is 0.698. The van der Waals surface area contributed by atoms with Crippen LogP contribution in [0.4, 0.5) is 0 Å². The van der Waals surface area contributed by atoms with Crippen molar-refractivity contribution in [3.63, 3.8) is 0 Å². The van der Waals surface area contributed by atoms with E-state index in [2.05, 4.69) is 4.72 Å². The van der Waals surface area contributed by atoms with Gasteiger partial charge in [0, 0.05) is 27.3 Å². The van der Waals surface area contributed by atoms with Gasteiger partial charge in [-0.05, 0) is 29.7 Å². The molecule has 1 unspecified atom stereocenters. The number of sulfonamides is 1. The standard InChI is InChI=1S/C14H24N2O4S/c1-4-11-5-6-14(7-12(11)8-15)21(17,18)16-9-13(20-3)10-19-2/h5-7,13,16H,4,8-10,15H2,1-3H3. The number of rotatable bonds is 9. The van der Waals surface area contributed by atoms with Crippen molar-refractivity contribution in [2.75, 3.05) is 27.4 Å². The first-order valence-electron chi connectivity index (χ1n) is 6.81. The van der Waals surface area contributed by atoms with E-state index in [0.717, 1.165) is 17.5 Å². The van der Waals surface area contributed by atoms with Crippen molar-refractivity contribution in [2.45, 2.75) is 30.9 Å². The van der Waals surface area contributed by atoms with Gasteiger partial charge >= 0.3 is 0 Å². The Hall–Kier alpha value is -0.990. The molecule has 6 nitrogen and oxygen atoms in total. The summed E-state index contributed by atoms with van der Waals surface area (Å²) in [6.07, 6.45) is 0.494. The Morgan fingerprint density at radius 3 is 2.52 bits per heavy atom. The molecule has 0 spiro atoms. The summed E-state index contributed by atoms with van der Waals surface area (Å²) in [5.41, 5.74) is 7.58. The molecule has 0 fully saturated rings. The first-order valence-corrected chi connectivity index (χ1v) is 8.30. The molecule has 0 aromatic heterocycles. The van der Waals surface area contributed by atoms with E-state index >= 15 is 0 Å². The number of ether oxygens (including phenoxy) is 2. The highest BCUT2D eigenvalue weighted by Gasteiger charge is 2.18. The summed E-state index contributed by atoms with van der Waals surface area (Å²) in [7, 11) is -0.529. The van der Waals surface area contributed by atoms with E-state index in [0.29, 0.717) is 13.2 Å². The van der Waals surface area contributed by atoms with Gasteiger partial charge in [0.2, 0.25) is 10.0 Å². The second-order valence-corrected chi connectivity index (χ2v) is 6.42. The van der Waals surface area contributed by atoms with Crippen LogP contribution in [0.25, 0.3) is 0 Å². The van der Waals surface area contributed by atoms with Gasteiger partial charge in [-0.3, -0.25) is 0 Å². The smallest absolute Gasteiger partial charge is 0.240 e. The second kappa shape index (κ2) is 8.45. The molecule has 1 rings (SSSR count). The summed E-state index contributed by atoms with van der Waals surface area (Å²) in [5, 5.41) is 0. The Bertz CT molecular complexity index is 546. The van der Waals surface area contributed by atoms with E-state index < -0.39 is 10.0 Å². The van der Waals surface area contributed by atoms with Gasteiger partial charge in [0.25, 0.3) is 0 Å². The van der Waals surface area contributed by atoms with E-state index in [1.165, 1.54) is 14.2 Å². The SMILES string of the molecule is CCc1ccc(S(=O)(=O)NCC(COC)OC)cc1CN. The molecule has 1 aromatic rings. The van der Waals surface area contributed by atoms with Crippen LogP contribution < -0.4 is 10.5 Å². The molecule has 7 heteroatoms. The average Bonchev–Trinajstić information content (AvgIpc) is 2.50. The fourth-order valence-electron chi connectivity index (χ4n) is 1.99. The minimum Gasteiger partial charge on any atom is -0.382 e. The number of benzene rings is 1. The molecule has 0 heterocycles. The van der Waals surface area contributed by atoms with Gasteiger partial charge in [-0.25, -0.2) is 13.1 Å². The highest BCUT2D eigenvalue weighted by Crippen LogP contribution is 2.16. The summed E-state index contributed by atoms with van der Waals surface area (Å²) in [6.45, 7) is 2.80. The normalized spacial score (nSPS) is 13.3. The number of nitrogens with one attached hydrogen (secondary N) is 1. The highest BCUT2D eigenvalue weighted by molar-refractivity contribution is 7.89. The maximum Gasteiger partial charge on any atom is 0.240 e. The molecule has 0 saturated heterocycles. The first kappa shape index (κ1) is 18.1. The van der Waals surface area contributed by atoms with Crippen LogP contribution >= 0.6 is 0 Å². The fraction of sp³-hybridized carbons (Fsp3) is 0.571. The predicted molar refractivity (Wildman–Crippen MR) is 81.6 cm³/mol. The third-order valence-electron chi connectivity index (χ3n) is 3.28. The summed E-state index contributed by atoms with van der Waals surface area (Å²) >= 11 is 0. The van der Waals surface area contributed by atoms with Crippen molar-refractivity contribution in [1.82, 2.24) is 4.72 Å². The molecule has 0 radical (unpaired) electrons. The number of methoxy groups -OCH3 is 2. The predicted octanol–water partition coefficient (Wildman–Crippen LogP) is 0.647. The van der Waals surface area contributed by atoms with Crippen LogP contribution in [0.3, 0.4) is 0 Å². The van der Waals surface area contributed by atoms with Gasteiger partial charge < -0.3 is 15.2 Å². The van der Waals surface area contributed by atoms with Crippen molar-refractivity contribution in [3.8, 4) is 0 Å².